The smallest absolute Gasteiger partial charge is 0.180 e. The highest BCUT2D eigenvalue weighted by molar-refractivity contribution is 7.91. The predicted octanol–water partition coefficient (Wildman–Crippen LogP) is 3.47. The van der Waals surface area contributed by atoms with Crippen LogP contribution in [-0.4, -0.2) is 20.2 Å². The molecule has 2 atom stereocenters. The molecular formula is C15H23NO2S. The van der Waals surface area contributed by atoms with Crippen molar-refractivity contribution in [3.8, 4) is 0 Å². The standard InChI is InChI=1S/C15H23NO2S/c1-3-12-9-10-13(11-12)16-14-7-5-6-8-15(14)19(17,18)4-2/h5-8,12-13,16H,3-4,9-11H2,1-2H3. The van der Waals surface area contributed by atoms with Crippen LogP contribution in [0.25, 0.3) is 0 Å². The molecule has 1 aromatic carbocycles. The Balaban J connectivity index is 2.18. The molecule has 2 rings (SSSR count). The lowest BCUT2D eigenvalue weighted by atomic mass is 10.1. The summed E-state index contributed by atoms with van der Waals surface area (Å²) in [6.45, 7) is 3.91. The third kappa shape index (κ3) is 3.30. The van der Waals surface area contributed by atoms with Crippen molar-refractivity contribution in [1.82, 2.24) is 0 Å². The summed E-state index contributed by atoms with van der Waals surface area (Å²) in [6.07, 6.45) is 4.75. The second-order valence-corrected chi connectivity index (χ2v) is 7.57. The summed E-state index contributed by atoms with van der Waals surface area (Å²) in [5.74, 6) is 0.931. The average Bonchev–Trinajstić information content (AvgIpc) is 2.87. The van der Waals surface area contributed by atoms with Gasteiger partial charge in [-0.15, -0.1) is 0 Å². The van der Waals surface area contributed by atoms with E-state index in [2.05, 4.69) is 12.2 Å². The Hall–Kier alpha value is -1.03. The van der Waals surface area contributed by atoms with Crippen LogP contribution in [0, 0.1) is 5.92 Å². The van der Waals surface area contributed by atoms with E-state index in [0.717, 1.165) is 24.4 Å². The molecule has 0 amide bonds. The monoisotopic (exact) mass is 281 g/mol. The van der Waals surface area contributed by atoms with Crippen molar-refractivity contribution in [2.24, 2.45) is 5.92 Å². The molecule has 0 radical (unpaired) electrons. The molecule has 3 nitrogen and oxygen atoms in total. The Morgan fingerprint density at radius 2 is 1.95 bits per heavy atom. The summed E-state index contributed by atoms with van der Waals surface area (Å²) >= 11 is 0. The van der Waals surface area contributed by atoms with Gasteiger partial charge in [-0.05, 0) is 37.3 Å². The van der Waals surface area contributed by atoms with Gasteiger partial charge < -0.3 is 5.32 Å². The molecule has 19 heavy (non-hydrogen) atoms. The molecular weight excluding hydrogens is 258 g/mol. The van der Waals surface area contributed by atoms with Crippen LogP contribution in [0.2, 0.25) is 0 Å². The van der Waals surface area contributed by atoms with Gasteiger partial charge in [-0.25, -0.2) is 8.42 Å². The van der Waals surface area contributed by atoms with Crippen LogP contribution in [0.15, 0.2) is 29.2 Å². The first-order valence-electron chi connectivity index (χ1n) is 7.15. The number of nitrogens with one attached hydrogen (secondary N) is 1. The Labute approximate surface area is 116 Å². The quantitative estimate of drug-likeness (QED) is 0.899. The van der Waals surface area contributed by atoms with E-state index in [1.165, 1.54) is 12.8 Å². The number of hydrogen-bond acceptors (Lipinski definition) is 3. The van der Waals surface area contributed by atoms with Gasteiger partial charge >= 0.3 is 0 Å². The lowest BCUT2D eigenvalue weighted by Crippen LogP contribution is -2.18. The summed E-state index contributed by atoms with van der Waals surface area (Å²) < 4.78 is 24.2. The number of anilines is 1. The van der Waals surface area contributed by atoms with Crippen LogP contribution < -0.4 is 5.32 Å². The zero-order valence-corrected chi connectivity index (χ0v) is 12.5. The third-order valence-corrected chi connectivity index (χ3v) is 5.87. The molecule has 0 bridgehead atoms. The normalized spacial score (nSPS) is 23.5. The van der Waals surface area contributed by atoms with E-state index < -0.39 is 9.84 Å². The van der Waals surface area contributed by atoms with Gasteiger partial charge in [0.1, 0.15) is 0 Å². The van der Waals surface area contributed by atoms with Gasteiger partial charge in [-0.2, -0.15) is 0 Å². The Bertz CT molecular complexity index is 525. The van der Waals surface area contributed by atoms with Crippen LogP contribution in [0.5, 0.6) is 0 Å². The second kappa shape index (κ2) is 5.95. The Morgan fingerprint density at radius 1 is 1.21 bits per heavy atom. The first-order chi connectivity index (χ1) is 9.06. The van der Waals surface area contributed by atoms with Crippen molar-refractivity contribution >= 4 is 15.5 Å². The molecule has 1 fully saturated rings. The van der Waals surface area contributed by atoms with E-state index >= 15 is 0 Å². The Morgan fingerprint density at radius 3 is 2.58 bits per heavy atom. The van der Waals surface area contributed by atoms with Crippen LogP contribution in [-0.2, 0) is 9.84 Å². The summed E-state index contributed by atoms with van der Waals surface area (Å²) in [5, 5.41) is 3.44. The van der Waals surface area contributed by atoms with E-state index in [0.29, 0.717) is 10.9 Å². The Kier molecular flexibility index (Phi) is 4.50. The molecule has 0 spiro atoms. The van der Waals surface area contributed by atoms with Gasteiger partial charge in [-0.1, -0.05) is 32.4 Å². The molecule has 0 aromatic heterocycles. The number of benzene rings is 1. The number of para-hydroxylation sites is 1. The molecule has 4 heteroatoms. The lowest BCUT2D eigenvalue weighted by Gasteiger charge is -2.17. The molecule has 1 aromatic rings. The summed E-state index contributed by atoms with van der Waals surface area (Å²) in [6, 6.07) is 7.67. The lowest BCUT2D eigenvalue weighted by molar-refractivity contribution is 0.524. The molecule has 106 valence electrons. The first kappa shape index (κ1) is 14.4. The van der Waals surface area contributed by atoms with Crippen molar-refractivity contribution in [2.45, 2.75) is 50.5 Å². The SMILES string of the molecule is CCC1CCC(Nc2ccccc2S(=O)(=O)CC)C1. The van der Waals surface area contributed by atoms with Crippen molar-refractivity contribution in [3.05, 3.63) is 24.3 Å². The van der Waals surface area contributed by atoms with Gasteiger partial charge in [0.25, 0.3) is 0 Å². The van der Waals surface area contributed by atoms with E-state index in [1.807, 2.05) is 12.1 Å². The maximum atomic E-state index is 12.1. The largest absolute Gasteiger partial charge is 0.381 e. The molecule has 1 N–H and O–H groups in total. The second-order valence-electron chi connectivity index (χ2n) is 5.33. The number of rotatable bonds is 5. The zero-order valence-electron chi connectivity index (χ0n) is 11.7. The first-order valence-corrected chi connectivity index (χ1v) is 8.80. The average molecular weight is 281 g/mol. The fourth-order valence-electron chi connectivity index (χ4n) is 2.81. The van der Waals surface area contributed by atoms with Crippen molar-refractivity contribution in [2.75, 3.05) is 11.1 Å². The van der Waals surface area contributed by atoms with Crippen molar-refractivity contribution in [3.63, 3.8) is 0 Å². The van der Waals surface area contributed by atoms with Crippen LogP contribution in [0.3, 0.4) is 0 Å². The van der Waals surface area contributed by atoms with E-state index in [4.69, 9.17) is 0 Å². The highest BCUT2D eigenvalue weighted by Gasteiger charge is 2.25. The maximum absolute atomic E-state index is 12.1. The van der Waals surface area contributed by atoms with Gasteiger partial charge in [0.05, 0.1) is 16.3 Å². The van der Waals surface area contributed by atoms with E-state index in [1.54, 1.807) is 19.1 Å². The zero-order chi connectivity index (χ0) is 13.9. The number of sulfone groups is 1. The van der Waals surface area contributed by atoms with E-state index in [9.17, 15) is 8.42 Å². The van der Waals surface area contributed by atoms with E-state index in [-0.39, 0.29) is 5.75 Å². The number of hydrogen-bond donors (Lipinski definition) is 1. The van der Waals surface area contributed by atoms with Gasteiger partial charge in [0.15, 0.2) is 9.84 Å². The van der Waals surface area contributed by atoms with Gasteiger partial charge in [0, 0.05) is 6.04 Å². The van der Waals surface area contributed by atoms with Crippen LogP contribution >= 0.6 is 0 Å². The minimum atomic E-state index is -3.15. The fraction of sp³-hybridized carbons (Fsp3) is 0.600. The van der Waals surface area contributed by atoms with Gasteiger partial charge in [-0.3, -0.25) is 0 Å². The minimum absolute atomic E-state index is 0.147. The minimum Gasteiger partial charge on any atom is -0.381 e. The molecule has 1 aliphatic carbocycles. The van der Waals surface area contributed by atoms with Crippen LogP contribution in [0.4, 0.5) is 5.69 Å². The summed E-state index contributed by atoms with van der Waals surface area (Å²) in [7, 11) is -3.15. The van der Waals surface area contributed by atoms with Crippen molar-refractivity contribution in [1.29, 1.82) is 0 Å². The maximum Gasteiger partial charge on any atom is 0.180 e. The summed E-state index contributed by atoms with van der Waals surface area (Å²) in [5.41, 5.74) is 0.770. The predicted molar refractivity (Wildman–Crippen MR) is 79.2 cm³/mol. The summed E-state index contributed by atoms with van der Waals surface area (Å²) in [4.78, 5) is 0.442. The highest BCUT2D eigenvalue weighted by atomic mass is 32.2. The molecule has 0 aliphatic heterocycles. The highest BCUT2D eigenvalue weighted by Crippen LogP contribution is 2.32. The van der Waals surface area contributed by atoms with Crippen LogP contribution in [0.1, 0.15) is 39.5 Å². The van der Waals surface area contributed by atoms with Gasteiger partial charge in [0.2, 0.25) is 0 Å². The molecule has 0 saturated heterocycles. The fourth-order valence-corrected chi connectivity index (χ4v) is 3.87. The molecule has 1 aliphatic rings. The molecule has 1 saturated carbocycles. The topological polar surface area (TPSA) is 46.2 Å². The molecule has 2 unspecified atom stereocenters. The van der Waals surface area contributed by atoms with Crippen molar-refractivity contribution < 1.29 is 8.42 Å². The molecule has 0 heterocycles. The third-order valence-electron chi connectivity index (χ3n) is 4.08.